The fourth-order valence-corrected chi connectivity index (χ4v) is 9.51. The van der Waals surface area contributed by atoms with Gasteiger partial charge in [-0.3, -0.25) is 14.4 Å². The molecule has 4 aliphatic rings. The van der Waals surface area contributed by atoms with Gasteiger partial charge in [0.2, 0.25) is 5.91 Å². The maximum absolute atomic E-state index is 14.9. The van der Waals surface area contributed by atoms with Crippen LogP contribution in [0.3, 0.4) is 0 Å². The molecule has 0 radical (unpaired) electrons. The molecule has 1 aliphatic heterocycles. The first-order valence-electron chi connectivity index (χ1n) is 19.0. The van der Waals surface area contributed by atoms with Gasteiger partial charge in [0.25, 0.3) is 0 Å². The smallest absolute Gasteiger partial charge is 0.338 e. The summed E-state index contributed by atoms with van der Waals surface area (Å²) in [5.74, 6) is -5.84. The Balaban J connectivity index is 1.50. The number of ketones is 1. The molecule has 57 heavy (non-hydrogen) atoms. The molecule has 0 aromatic heterocycles. The van der Waals surface area contributed by atoms with Crippen LogP contribution < -0.4 is 5.32 Å². The third-order valence-electron chi connectivity index (χ3n) is 13.0. The first kappa shape index (κ1) is 41.9. The Hall–Kier alpha value is -4.73. The van der Waals surface area contributed by atoms with Crippen molar-refractivity contribution in [3.05, 3.63) is 94.6 Å². The van der Waals surface area contributed by atoms with Crippen molar-refractivity contribution in [2.24, 2.45) is 16.7 Å². The SMILES string of the molecule is C/C=C(\C)C(=O)N[C@@H](c1ccccc1)[C@@H](O)C(=O)O[C@H]1C[C@@]2(O)[C@@H](OC(=O)c3ccccc3)[C@@H]3[C@]4(OC(C)=O)CO[C@@H]4C[C@@H](O)[C@@]3(C)C(=O)[C@H](O)C(=C1C)C2(C)C. The number of allylic oxidation sites excluding steroid dienone is 1. The molecule has 1 amide bonds. The monoisotopic (exact) mass is 789 g/mol. The number of carbonyl (C=O) groups is 5. The minimum absolute atomic E-state index is 0.0497. The Morgan fingerprint density at radius 1 is 0.965 bits per heavy atom. The van der Waals surface area contributed by atoms with E-state index in [4.69, 9.17) is 18.9 Å². The normalized spacial score (nSPS) is 34.2. The van der Waals surface area contributed by atoms with Crippen molar-refractivity contribution in [1.29, 1.82) is 0 Å². The molecule has 3 fully saturated rings. The molecule has 14 heteroatoms. The van der Waals surface area contributed by atoms with Gasteiger partial charge in [-0.05, 0) is 56.5 Å². The van der Waals surface area contributed by atoms with Gasteiger partial charge in [-0.15, -0.1) is 0 Å². The molecule has 6 rings (SSSR count). The molecule has 2 aromatic carbocycles. The number of carbonyl (C=O) groups excluding carboxylic acids is 5. The van der Waals surface area contributed by atoms with Crippen molar-refractivity contribution in [3.8, 4) is 0 Å². The first-order chi connectivity index (χ1) is 26.8. The summed E-state index contributed by atoms with van der Waals surface area (Å²) in [5, 5.41) is 51.7. The van der Waals surface area contributed by atoms with E-state index in [1.807, 2.05) is 0 Å². The van der Waals surface area contributed by atoms with E-state index in [1.54, 1.807) is 82.3 Å². The minimum Gasteiger partial charge on any atom is -0.456 e. The maximum atomic E-state index is 14.9. The molecule has 306 valence electrons. The lowest BCUT2D eigenvalue weighted by Gasteiger charge is -2.67. The molecule has 14 nitrogen and oxygen atoms in total. The lowest BCUT2D eigenvalue weighted by Crippen LogP contribution is -2.81. The number of hydrogen-bond donors (Lipinski definition) is 5. The van der Waals surface area contributed by atoms with Crippen LogP contribution in [0.1, 0.15) is 83.3 Å². The highest BCUT2D eigenvalue weighted by atomic mass is 16.6. The highest BCUT2D eigenvalue weighted by molar-refractivity contribution is 5.95. The number of esters is 3. The Morgan fingerprint density at radius 3 is 2.14 bits per heavy atom. The number of fused-ring (bicyclic) bond motifs is 5. The number of ether oxygens (including phenoxy) is 4. The maximum Gasteiger partial charge on any atom is 0.338 e. The van der Waals surface area contributed by atoms with Gasteiger partial charge in [0, 0.05) is 30.8 Å². The predicted octanol–water partition coefficient (Wildman–Crippen LogP) is 2.82. The minimum atomic E-state index is -2.34. The van der Waals surface area contributed by atoms with Crippen molar-refractivity contribution < 1.29 is 63.3 Å². The lowest BCUT2D eigenvalue weighted by atomic mass is 9.44. The summed E-state index contributed by atoms with van der Waals surface area (Å²) in [6.45, 7) is 10.1. The molecular weight excluding hydrogens is 738 g/mol. The van der Waals surface area contributed by atoms with Crippen LogP contribution >= 0.6 is 0 Å². The summed E-state index contributed by atoms with van der Waals surface area (Å²) in [6, 6.07) is 14.9. The number of aliphatic hydroxyl groups is 4. The van der Waals surface area contributed by atoms with Crippen molar-refractivity contribution in [2.75, 3.05) is 6.61 Å². The molecule has 5 N–H and O–H groups in total. The van der Waals surface area contributed by atoms with E-state index in [0.717, 1.165) is 6.92 Å². The van der Waals surface area contributed by atoms with Gasteiger partial charge in [0.1, 0.15) is 30.0 Å². The summed E-state index contributed by atoms with van der Waals surface area (Å²) in [6.07, 6.45) is -8.83. The van der Waals surface area contributed by atoms with Gasteiger partial charge < -0.3 is 44.7 Å². The van der Waals surface area contributed by atoms with Crippen LogP contribution in [0, 0.1) is 16.7 Å². The first-order valence-corrected chi connectivity index (χ1v) is 19.0. The molecule has 2 bridgehead atoms. The number of aliphatic hydroxyl groups excluding tert-OH is 3. The quantitative estimate of drug-likeness (QED) is 0.107. The molecule has 3 aliphatic carbocycles. The molecule has 0 spiro atoms. The van der Waals surface area contributed by atoms with E-state index < -0.39 is 107 Å². The van der Waals surface area contributed by atoms with Gasteiger partial charge in [-0.1, -0.05) is 68.5 Å². The van der Waals surface area contributed by atoms with Gasteiger partial charge in [0.05, 0.1) is 35.6 Å². The molecule has 2 aromatic rings. The zero-order valence-corrected chi connectivity index (χ0v) is 33.1. The zero-order valence-electron chi connectivity index (χ0n) is 33.1. The van der Waals surface area contributed by atoms with Crippen molar-refractivity contribution in [3.63, 3.8) is 0 Å². The molecular formula is C43H51NO13. The van der Waals surface area contributed by atoms with Crippen LogP contribution in [0.5, 0.6) is 0 Å². The van der Waals surface area contributed by atoms with Crippen LogP contribution in [-0.4, -0.2) is 104 Å². The molecule has 2 saturated carbocycles. The number of benzene rings is 2. The Bertz CT molecular complexity index is 1990. The second-order valence-electron chi connectivity index (χ2n) is 16.4. The number of rotatable bonds is 9. The Morgan fingerprint density at radius 2 is 1.58 bits per heavy atom. The highest BCUT2D eigenvalue weighted by Crippen LogP contribution is 2.64. The molecule has 11 atom stereocenters. The number of amides is 1. The van der Waals surface area contributed by atoms with Crippen molar-refractivity contribution in [2.45, 2.75) is 115 Å². The largest absolute Gasteiger partial charge is 0.456 e. The summed E-state index contributed by atoms with van der Waals surface area (Å²) in [5.41, 5.74) is -6.75. The van der Waals surface area contributed by atoms with Gasteiger partial charge in [-0.2, -0.15) is 0 Å². The van der Waals surface area contributed by atoms with Gasteiger partial charge in [0.15, 0.2) is 17.5 Å². The molecule has 1 heterocycles. The second kappa shape index (κ2) is 15.2. The van der Waals surface area contributed by atoms with E-state index in [2.05, 4.69) is 5.32 Å². The Labute approximate surface area is 330 Å². The average Bonchev–Trinajstić information content (AvgIpc) is 3.18. The van der Waals surface area contributed by atoms with Crippen LogP contribution in [0.4, 0.5) is 0 Å². The van der Waals surface area contributed by atoms with Crippen molar-refractivity contribution in [1.82, 2.24) is 5.32 Å². The fourth-order valence-electron chi connectivity index (χ4n) is 9.51. The topological polar surface area (TPSA) is 215 Å². The third kappa shape index (κ3) is 6.70. The van der Waals surface area contributed by atoms with Crippen LogP contribution in [0.15, 0.2) is 83.5 Å². The lowest BCUT2D eigenvalue weighted by molar-refractivity contribution is -0.346. The fraction of sp³-hybridized carbons (Fsp3) is 0.512. The van der Waals surface area contributed by atoms with Crippen LogP contribution in [-0.2, 0) is 38.1 Å². The predicted molar refractivity (Wildman–Crippen MR) is 202 cm³/mol. The number of nitrogens with one attached hydrogen (secondary N) is 1. The molecule has 0 unspecified atom stereocenters. The van der Waals surface area contributed by atoms with Gasteiger partial charge in [-0.25, -0.2) is 9.59 Å². The van der Waals surface area contributed by atoms with E-state index in [0.29, 0.717) is 11.1 Å². The summed E-state index contributed by atoms with van der Waals surface area (Å²) < 4.78 is 24.1. The number of hydrogen-bond acceptors (Lipinski definition) is 13. The van der Waals surface area contributed by atoms with Crippen LogP contribution in [0.25, 0.3) is 0 Å². The van der Waals surface area contributed by atoms with Crippen molar-refractivity contribution >= 4 is 29.6 Å². The number of Topliss-reactive ketones (excluding diaryl/α,β-unsaturated/α-hetero) is 1. The van der Waals surface area contributed by atoms with E-state index in [9.17, 15) is 44.4 Å². The van der Waals surface area contributed by atoms with Crippen LogP contribution in [0.2, 0.25) is 0 Å². The Kier molecular flexibility index (Phi) is 11.2. The zero-order chi connectivity index (χ0) is 41.8. The highest BCUT2D eigenvalue weighted by Gasteiger charge is 2.78. The van der Waals surface area contributed by atoms with E-state index >= 15 is 0 Å². The third-order valence-corrected chi connectivity index (χ3v) is 13.0. The van der Waals surface area contributed by atoms with E-state index in [1.165, 1.54) is 26.0 Å². The average molecular weight is 790 g/mol. The molecule has 1 saturated heterocycles. The van der Waals surface area contributed by atoms with Gasteiger partial charge >= 0.3 is 17.9 Å². The van der Waals surface area contributed by atoms with E-state index in [-0.39, 0.29) is 29.7 Å². The summed E-state index contributed by atoms with van der Waals surface area (Å²) in [7, 11) is 0. The summed E-state index contributed by atoms with van der Waals surface area (Å²) >= 11 is 0. The standard InChI is InChI=1S/C43H51NO13/c1-8-22(2)37(50)44-31(25-15-11-9-12-16-25)33(48)39(52)55-27-20-43(53)36(56-38(51)26-17-13-10-14-18-26)34-41(7,35(49)32(47)30(23(27)3)40(43,5)6)28(46)19-29-42(34,21-54-29)57-24(4)45/h8-18,27-29,31-34,36,46-48,53H,19-21H2,1-7H3,(H,44,50)/b22-8+/t27-,28+,29+,31-,32+,33+,34-,36-,41+,42-,43+/m0/s1. The second-order valence-corrected chi connectivity index (χ2v) is 16.4. The summed E-state index contributed by atoms with van der Waals surface area (Å²) in [4.78, 5) is 68.9.